The van der Waals surface area contributed by atoms with E-state index in [4.69, 9.17) is 46.4 Å². The average molecular weight is 526 g/mol. The van der Waals surface area contributed by atoms with Crippen molar-refractivity contribution >= 4 is 46.4 Å². The van der Waals surface area contributed by atoms with Gasteiger partial charge in [-0.1, -0.05) is 59.2 Å². The summed E-state index contributed by atoms with van der Waals surface area (Å²) in [6.07, 6.45) is 2.48. The van der Waals surface area contributed by atoms with Crippen molar-refractivity contribution in [2.24, 2.45) is 0 Å². The van der Waals surface area contributed by atoms with E-state index in [0.717, 1.165) is 38.8 Å². The summed E-state index contributed by atoms with van der Waals surface area (Å²) in [5, 5.41) is 46.4. The highest BCUT2D eigenvalue weighted by Crippen LogP contribution is 2.35. The van der Waals surface area contributed by atoms with Gasteiger partial charge in [0.05, 0.1) is 32.3 Å². The Morgan fingerprint density at radius 3 is 1.22 bits per heavy atom. The number of hydrogen-bond acceptors (Lipinski definition) is 6. The number of aromatic hydroxyl groups is 2. The number of phenolic OH excluding ortho intramolecular Hbond substituents is 2. The van der Waals surface area contributed by atoms with Gasteiger partial charge in [-0.15, -0.1) is 0 Å². The number of aliphatic hydroxyl groups is 2. The lowest BCUT2D eigenvalue weighted by molar-refractivity contribution is 0.174. The van der Waals surface area contributed by atoms with Gasteiger partial charge in [-0.25, -0.2) is 0 Å². The van der Waals surface area contributed by atoms with E-state index in [0.29, 0.717) is 24.2 Å². The summed E-state index contributed by atoms with van der Waals surface area (Å²) in [5.41, 5.74) is 1.10. The molecule has 0 bridgehead atoms. The van der Waals surface area contributed by atoms with E-state index in [1.807, 2.05) is 0 Å². The molecule has 178 valence electrons. The van der Waals surface area contributed by atoms with Gasteiger partial charge in [0.2, 0.25) is 0 Å². The lowest BCUT2D eigenvalue weighted by atomic mass is 10.1. The van der Waals surface area contributed by atoms with Crippen molar-refractivity contribution in [1.82, 2.24) is 10.6 Å². The van der Waals surface area contributed by atoms with Gasteiger partial charge in [0.1, 0.15) is 0 Å². The van der Waals surface area contributed by atoms with Crippen LogP contribution in [0.2, 0.25) is 20.1 Å². The van der Waals surface area contributed by atoms with E-state index in [1.165, 1.54) is 24.3 Å². The predicted octanol–water partition coefficient (Wildman–Crippen LogP) is 5.22. The molecule has 0 aromatic heterocycles. The Hall–Kier alpha value is -0.960. The van der Waals surface area contributed by atoms with Gasteiger partial charge < -0.3 is 31.1 Å². The minimum Gasteiger partial charge on any atom is -0.505 e. The first-order valence-corrected chi connectivity index (χ1v) is 11.8. The Morgan fingerprint density at radius 1 is 0.594 bits per heavy atom. The highest BCUT2D eigenvalue weighted by molar-refractivity contribution is 6.37. The number of aliphatic hydroxyl groups excluding tert-OH is 2. The van der Waals surface area contributed by atoms with Gasteiger partial charge in [-0.05, 0) is 61.3 Å². The van der Waals surface area contributed by atoms with Crippen LogP contribution in [0.25, 0.3) is 0 Å². The molecule has 10 heteroatoms. The maximum atomic E-state index is 10.2. The second-order valence-electron chi connectivity index (χ2n) is 7.52. The molecule has 0 amide bonds. The third-order valence-electron chi connectivity index (χ3n) is 4.98. The summed E-state index contributed by atoms with van der Waals surface area (Å²) in [5.74, 6) is -0.370. The van der Waals surface area contributed by atoms with Gasteiger partial charge in [-0.3, -0.25) is 0 Å². The SMILES string of the molecule is Oc1c(Cl)cc(C(O)CNCCCCCCNCC(O)c2cc(Cl)c(O)c(Cl)c2)cc1Cl. The molecule has 0 fully saturated rings. The van der Waals surface area contributed by atoms with E-state index in [1.54, 1.807) is 0 Å². The summed E-state index contributed by atoms with van der Waals surface area (Å²) in [6.45, 7) is 2.26. The fourth-order valence-corrected chi connectivity index (χ4v) is 4.13. The maximum absolute atomic E-state index is 10.2. The van der Waals surface area contributed by atoms with E-state index in [-0.39, 0.29) is 31.6 Å². The molecular formula is C22H28Cl4N2O4. The predicted molar refractivity (Wildman–Crippen MR) is 130 cm³/mol. The average Bonchev–Trinajstić information content (AvgIpc) is 2.75. The standard InChI is InChI=1S/C22H28Cl4N2O4/c23-15-7-13(8-16(24)21(15)31)19(29)11-27-5-3-1-2-4-6-28-12-20(30)14-9-17(25)22(32)18(26)10-14/h7-10,19-20,27-32H,1-6,11-12H2. The third kappa shape index (κ3) is 8.43. The first-order chi connectivity index (χ1) is 15.2. The molecule has 0 spiro atoms. The number of halogens is 4. The molecule has 6 nitrogen and oxygen atoms in total. The van der Waals surface area contributed by atoms with E-state index < -0.39 is 12.2 Å². The van der Waals surface area contributed by atoms with Gasteiger partial charge >= 0.3 is 0 Å². The number of phenols is 2. The van der Waals surface area contributed by atoms with Crippen LogP contribution in [-0.2, 0) is 0 Å². The van der Waals surface area contributed by atoms with Crippen molar-refractivity contribution in [3.8, 4) is 11.5 Å². The van der Waals surface area contributed by atoms with E-state index in [2.05, 4.69) is 10.6 Å². The van der Waals surface area contributed by atoms with Gasteiger partial charge in [0.15, 0.2) is 11.5 Å². The Kier molecular flexibility index (Phi) is 11.7. The van der Waals surface area contributed by atoms with E-state index >= 15 is 0 Å². The van der Waals surface area contributed by atoms with Gasteiger partial charge in [0.25, 0.3) is 0 Å². The topological polar surface area (TPSA) is 105 Å². The summed E-state index contributed by atoms with van der Waals surface area (Å²) < 4.78 is 0. The molecule has 2 aromatic carbocycles. The molecule has 0 aliphatic heterocycles. The Balaban J connectivity index is 1.53. The van der Waals surface area contributed by atoms with Crippen LogP contribution < -0.4 is 10.6 Å². The van der Waals surface area contributed by atoms with Crippen molar-refractivity contribution in [2.75, 3.05) is 26.2 Å². The van der Waals surface area contributed by atoms with Crippen molar-refractivity contribution < 1.29 is 20.4 Å². The molecule has 6 N–H and O–H groups in total. The maximum Gasteiger partial charge on any atom is 0.152 e. The zero-order valence-corrected chi connectivity index (χ0v) is 20.4. The molecule has 2 rings (SSSR count). The first-order valence-electron chi connectivity index (χ1n) is 10.3. The zero-order valence-electron chi connectivity index (χ0n) is 17.4. The molecule has 2 unspecified atom stereocenters. The van der Waals surface area contributed by atoms with Crippen molar-refractivity contribution in [2.45, 2.75) is 37.9 Å². The highest BCUT2D eigenvalue weighted by Gasteiger charge is 2.14. The zero-order chi connectivity index (χ0) is 23.7. The lowest BCUT2D eigenvalue weighted by Gasteiger charge is -2.14. The third-order valence-corrected chi connectivity index (χ3v) is 6.13. The van der Waals surface area contributed by atoms with Gasteiger partial charge in [0, 0.05) is 13.1 Å². The van der Waals surface area contributed by atoms with Crippen molar-refractivity contribution in [3.05, 3.63) is 55.5 Å². The number of benzene rings is 2. The first kappa shape index (κ1) is 27.3. The summed E-state index contributed by atoms with van der Waals surface area (Å²) in [4.78, 5) is 0. The quantitative estimate of drug-likeness (QED) is 0.200. The number of hydrogen-bond donors (Lipinski definition) is 6. The highest BCUT2D eigenvalue weighted by atomic mass is 35.5. The van der Waals surface area contributed by atoms with Crippen LogP contribution in [-0.4, -0.2) is 46.6 Å². The molecule has 0 heterocycles. The van der Waals surface area contributed by atoms with Crippen molar-refractivity contribution in [1.29, 1.82) is 0 Å². The molecule has 32 heavy (non-hydrogen) atoms. The number of nitrogens with one attached hydrogen (secondary N) is 2. The molecular weight excluding hydrogens is 498 g/mol. The molecule has 2 atom stereocenters. The monoisotopic (exact) mass is 524 g/mol. The Bertz CT molecular complexity index is 767. The van der Waals surface area contributed by atoms with Crippen LogP contribution in [0.4, 0.5) is 0 Å². The smallest absolute Gasteiger partial charge is 0.152 e. The fraction of sp³-hybridized carbons (Fsp3) is 0.455. The van der Waals surface area contributed by atoms with Crippen LogP contribution >= 0.6 is 46.4 Å². The van der Waals surface area contributed by atoms with Crippen LogP contribution in [0.3, 0.4) is 0 Å². The summed E-state index contributed by atoms with van der Waals surface area (Å²) in [7, 11) is 0. The lowest BCUT2D eigenvalue weighted by Crippen LogP contribution is -2.23. The molecule has 0 aliphatic rings. The number of rotatable bonds is 13. The Morgan fingerprint density at radius 2 is 0.906 bits per heavy atom. The van der Waals surface area contributed by atoms with Crippen LogP contribution in [0.1, 0.15) is 49.0 Å². The minimum absolute atomic E-state index is 0.114. The van der Waals surface area contributed by atoms with Crippen LogP contribution in [0, 0.1) is 0 Å². The van der Waals surface area contributed by atoms with E-state index in [9.17, 15) is 20.4 Å². The fourth-order valence-electron chi connectivity index (χ4n) is 3.12. The van der Waals surface area contributed by atoms with Crippen LogP contribution in [0.15, 0.2) is 24.3 Å². The van der Waals surface area contributed by atoms with Crippen molar-refractivity contribution in [3.63, 3.8) is 0 Å². The molecule has 0 saturated carbocycles. The summed E-state index contributed by atoms with van der Waals surface area (Å²) in [6, 6.07) is 6.02. The second-order valence-corrected chi connectivity index (χ2v) is 9.15. The van der Waals surface area contributed by atoms with Crippen LogP contribution in [0.5, 0.6) is 11.5 Å². The second kappa shape index (κ2) is 13.7. The largest absolute Gasteiger partial charge is 0.505 e. The summed E-state index contributed by atoms with van der Waals surface area (Å²) >= 11 is 23.5. The van der Waals surface area contributed by atoms with Gasteiger partial charge in [-0.2, -0.15) is 0 Å². The molecule has 0 aliphatic carbocycles. The molecule has 0 radical (unpaired) electrons. The molecule has 2 aromatic rings. The minimum atomic E-state index is -0.764. The normalized spacial score (nSPS) is 13.3. The Labute approximate surface area is 208 Å². The number of unbranched alkanes of at least 4 members (excludes halogenated alkanes) is 3. The molecule has 0 saturated heterocycles.